The molecule has 28 heavy (non-hydrogen) atoms. The zero-order valence-corrected chi connectivity index (χ0v) is 16.4. The Balaban J connectivity index is 1.60. The number of aryl methyl sites for hydroxylation is 3. The molecule has 2 aromatic heterocycles. The number of benzene rings is 1. The molecule has 1 aliphatic rings. The van der Waals surface area contributed by atoms with Crippen LogP contribution in [0.4, 0.5) is 10.1 Å². The Morgan fingerprint density at radius 2 is 1.96 bits per heavy atom. The van der Waals surface area contributed by atoms with Crippen LogP contribution in [0.3, 0.4) is 0 Å². The molecule has 0 fully saturated rings. The van der Waals surface area contributed by atoms with Crippen molar-refractivity contribution in [3.63, 3.8) is 0 Å². The second kappa shape index (κ2) is 6.92. The maximum absolute atomic E-state index is 14.5. The number of hydrogen-bond acceptors (Lipinski definition) is 4. The lowest BCUT2D eigenvalue weighted by Gasteiger charge is -2.32. The SMILES string of the molecule is Cc1ccc(F)c2c1CCCN2CCCn1c(=O)c2c(ncn2C)n(C)c1=O. The lowest BCUT2D eigenvalue weighted by atomic mass is 9.96. The van der Waals surface area contributed by atoms with Gasteiger partial charge in [0.1, 0.15) is 5.82 Å². The molecule has 0 radical (unpaired) electrons. The van der Waals surface area contributed by atoms with E-state index >= 15 is 0 Å². The molecule has 3 heterocycles. The molecule has 0 bridgehead atoms. The summed E-state index contributed by atoms with van der Waals surface area (Å²) in [6.07, 6.45) is 3.96. The normalized spacial score (nSPS) is 13.9. The first-order valence-electron chi connectivity index (χ1n) is 9.54. The van der Waals surface area contributed by atoms with Gasteiger partial charge in [0.05, 0.1) is 12.0 Å². The van der Waals surface area contributed by atoms with E-state index in [0.29, 0.717) is 29.8 Å². The van der Waals surface area contributed by atoms with Crippen molar-refractivity contribution in [1.82, 2.24) is 18.7 Å². The lowest BCUT2D eigenvalue weighted by molar-refractivity contribution is 0.545. The molecule has 0 N–H and O–H groups in total. The van der Waals surface area contributed by atoms with Crippen molar-refractivity contribution >= 4 is 16.9 Å². The first-order chi connectivity index (χ1) is 13.4. The molecule has 8 heteroatoms. The smallest absolute Gasteiger partial charge is 0.332 e. The fourth-order valence-electron chi connectivity index (χ4n) is 4.16. The van der Waals surface area contributed by atoms with Gasteiger partial charge >= 0.3 is 5.69 Å². The fraction of sp³-hybridized carbons (Fsp3) is 0.450. The molecule has 3 aromatic rings. The standard InChI is InChI=1S/C20H24FN5O2/c1-13-7-8-15(21)16-14(13)6-4-9-25(16)10-5-11-26-19(27)17-18(22-12-23(17)2)24(3)20(26)28/h7-8,12H,4-6,9-11H2,1-3H3. The van der Waals surface area contributed by atoms with Gasteiger partial charge in [-0.25, -0.2) is 14.2 Å². The van der Waals surface area contributed by atoms with Crippen LogP contribution >= 0.6 is 0 Å². The van der Waals surface area contributed by atoms with Crippen LogP contribution in [0.1, 0.15) is 24.0 Å². The molecule has 0 amide bonds. The molecule has 0 atom stereocenters. The predicted octanol–water partition coefficient (Wildman–Crippen LogP) is 1.72. The number of aromatic nitrogens is 4. The van der Waals surface area contributed by atoms with Crippen molar-refractivity contribution < 1.29 is 4.39 Å². The highest BCUT2D eigenvalue weighted by molar-refractivity contribution is 5.69. The van der Waals surface area contributed by atoms with Crippen LogP contribution in [0.2, 0.25) is 0 Å². The van der Waals surface area contributed by atoms with Gasteiger partial charge in [-0.15, -0.1) is 0 Å². The van der Waals surface area contributed by atoms with Crippen LogP contribution < -0.4 is 16.1 Å². The summed E-state index contributed by atoms with van der Waals surface area (Å²) in [4.78, 5) is 31.6. The van der Waals surface area contributed by atoms with E-state index in [0.717, 1.165) is 30.5 Å². The molecule has 1 aliphatic heterocycles. The van der Waals surface area contributed by atoms with Gasteiger partial charge in [0.15, 0.2) is 11.2 Å². The molecule has 0 aliphatic carbocycles. The Morgan fingerprint density at radius 1 is 1.18 bits per heavy atom. The van der Waals surface area contributed by atoms with E-state index in [2.05, 4.69) is 4.98 Å². The highest BCUT2D eigenvalue weighted by Gasteiger charge is 2.22. The van der Waals surface area contributed by atoms with Crippen LogP contribution in [0, 0.1) is 12.7 Å². The van der Waals surface area contributed by atoms with Crippen LogP contribution in [-0.2, 0) is 27.1 Å². The van der Waals surface area contributed by atoms with E-state index < -0.39 is 0 Å². The summed E-state index contributed by atoms with van der Waals surface area (Å²) >= 11 is 0. The second-order valence-electron chi connectivity index (χ2n) is 7.46. The Hall–Kier alpha value is -2.90. The van der Waals surface area contributed by atoms with Crippen molar-refractivity contribution in [2.45, 2.75) is 32.7 Å². The summed E-state index contributed by atoms with van der Waals surface area (Å²) in [5, 5.41) is 0. The van der Waals surface area contributed by atoms with Crippen LogP contribution in [0.15, 0.2) is 28.0 Å². The van der Waals surface area contributed by atoms with Crippen LogP contribution in [-0.4, -0.2) is 31.8 Å². The van der Waals surface area contributed by atoms with Crippen molar-refractivity contribution in [2.24, 2.45) is 14.1 Å². The Bertz CT molecular complexity index is 1170. The molecule has 0 spiro atoms. The summed E-state index contributed by atoms with van der Waals surface area (Å²) in [6, 6.07) is 3.34. The lowest BCUT2D eigenvalue weighted by Crippen LogP contribution is -2.40. The number of hydrogen-bond donors (Lipinski definition) is 0. The highest BCUT2D eigenvalue weighted by Crippen LogP contribution is 2.32. The van der Waals surface area contributed by atoms with Gasteiger partial charge in [0.25, 0.3) is 5.56 Å². The minimum atomic E-state index is -0.378. The fourth-order valence-corrected chi connectivity index (χ4v) is 4.16. The van der Waals surface area contributed by atoms with Crippen molar-refractivity contribution in [3.05, 3.63) is 56.2 Å². The van der Waals surface area contributed by atoms with Gasteiger partial charge in [-0.2, -0.15) is 0 Å². The monoisotopic (exact) mass is 385 g/mol. The van der Waals surface area contributed by atoms with Crippen molar-refractivity contribution in [2.75, 3.05) is 18.0 Å². The Morgan fingerprint density at radius 3 is 2.75 bits per heavy atom. The van der Waals surface area contributed by atoms with Crippen molar-refractivity contribution in [3.8, 4) is 0 Å². The van der Waals surface area contributed by atoms with Gasteiger partial charge in [-0.3, -0.25) is 13.9 Å². The number of fused-ring (bicyclic) bond motifs is 2. The number of rotatable bonds is 4. The number of imidazole rings is 1. The van der Waals surface area contributed by atoms with E-state index in [-0.39, 0.29) is 23.6 Å². The summed E-state index contributed by atoms with van der Waals surface area (Å²) < 4.78 is 18.7. The Labute approximate surface area is 161 Å². The number of nitrogens with zero attached hydrogens (tertiary/aromatic N) is 5. The van der Waals surface area contributed by atoms with Gasteiger partial charge in [0.2, 0.25) is 0 Å². The summed E-state index contributed by atoms with van der Waals surface area (Å²) in [7, 11) is 3.36. The van der Waals surface area contributed by atoms with E-state index in [1.54, 1.807) is 18.7 Å². The third-order valence-corrected chi connectivity index (χ3v) is 5.65. The maximum atomic E-state index is 14.5. The maximum Gasteiger partial charge on any atom is 0.332 e. The predicted molar refractivity (Wildman–Crippen MR) is 107 cm³/mol. The summed E-state index contributed by atoms with van der Waals surface area (Å²) in [6.45, 7) is 3.66. The van der Waals surface area contributed by atoms with Crippen molar-refractivity contribution in [1.29, 1.82) is 0 Å². The Kier molecular flexibility index (Phi) is 4.56. The zero-order valence-electron chi connectivity index (χ0n) is 16.4. The first-order valence-corrected chi connectivity index (χ1v) is 9.54. The zero-order chi connectivity index (χ0) is 20.0. The molecule has 0 unspecified atom stereocenters. The molecule has 7 nitrogen and oxygen atoms in total. The van der Waals surface area contributed by atoms with Gasteiger partial charge < -0.3 is 9.47 Å². The highest BCUT2D eigenvalue weighted by atomic mass is 19.1. The molecule has 0 saturated carbocycles. The molecular weight excluding hydrogens is 361 g/mol. The summed E-state index contributed by atoms with van der Waals surface area (Å²) in [5.74, 6) is -0.204. The van der Waals surface area contributed by atoms with E-state index in [1.165, 1.54) is 21.5 Å². The van der Waals surface area contributed by atoms with Crippen LogP contribution in [0.5, 0.6) is 0 Å². The number of anilines is 1. The molecule has 4 rings (SSSR count). The minimum Gasteiger partial charge on any atom is -0.369 e. The topological polar surface area (TPSA) is 65.1 Å². The number of halogens is 1. The molecule has 148 valence electrons. The molecular formula is C20H24FN5O2. The van der Waals surface area contributed by atoms with Gasteiger partial charge in [0, 0.05) is 33.7 Å². The third-order valence-electron chi connectivity index (χ3n) is 5.65. The molecule has 0 saturated heterocycles. The van der Waals surface area contributed by atoms with E-state index in [9.17, 15) is 14.0 Å². The second-order valence-corrected chi connectivity index (χ2v) is 7.46. The van der Waals surface area contributed by atoms with E-state index in [4.69, 9.17) is 0 Å². The average Bonchev–Trinajstić information content (AvgIpc) is 3.07. The third kappa shape index (κ3) is 2.83. The molecule has 1 aromatic carbocycles. The van der Waals surface area contributed by atoms with Crippen LogP contribution in [0.25, 0.3) is 11.2 Å². The average molecular weight is 385 g/mol. The quantitative estimate of drug-likeness (QED) is 0.686. The van der Waals surface area contributed by atoms with Gasteiger partial charge in [-0.1, -0.05) is 6.07 Å². The van der Waals surface area contributed by atoms with E-state index in [1.807, 2.05) is 17.9 Å². The minimum absolute atomic E-state index is 0.204. The van der Waals surface area contributed by atoms with Gasteiger partial charge in [-0.05, 0) is 43.4 Å². The largest absolute Gasteiger partial charge is 0.369 e. The first kappa shape index (κ1) is 18.5. The summed E-state index contributed by atoms with van der Waals surface area (Å²) in [5.41, 5.74) is 2.93.